The van der Waals surface area contributed by atoms with Crippen molar-refractivity contribution in [2.45, 2.75) is 12.7 Å². The van der Waals surface area contributed by atoms with E-state index in [4.69, 9.17) is 11.5 Å². The molecule has 3 aromatic rings. The fourth-order valence-electron chi connectivity index (χ4n) is 4.03. The van der Waals surface area contributed by atoms with E-state index in [9.17, 15) is 0 Å². The van der Waals surface area contributed by atoms with Gasteiger partial charge < -0.3 is 20.9 Å². The van der Waals surface area contributed by atoms with E-state index in [0.717, 1.165) is 49.7 Å². The number of benzene rings is 1. The summed E-state index contributed by atoms with van der Waals surface area (Å²) in [6.45, 7) is 7.58. The zero-order chi connectivity index (χ0) is 20.0. The highest BCUT2D eigenvalue weighted by molar-refractivity contribution is 5.90. The molecule has 1 saturated heterocycles. The van der Waals surface area contributed by atoms with Gasteiger partial charge in [0.25, 0.3) is 0 Å². The van der Waals surface area contributed by atoms with E-state index >= 15 is 0 Å². The Balaban J connectivity index is 1.42. The highest BCUT2D eigenvalue weighted by Crippen LogP contribution is 2.31. The molecule has 1 atom stereocenters. The Morgan fingerprint density at radius 2 is 1.79 bits per heavy atom. The number of pyridine rings is 1. The molecule has 0 bridgehead atoms. The van der Waals surface area contributed by atoms with Crippen molar-refractivity contribution in [3.63, 3.8) is 0 Å². The Bertz CT molecular complexity index is 1060. The van der Waals surface area contributed by atoms with Crippen molar-refractivity contribution in [1.29, 1.82) is 0 Å². The summed E-state index contributed by atoms with van der Waals surface area (Å²) in [7, 11) is 0. The highest BCUT2D eigenvalue weighted by atomic mass is 15.4. The van der Waals surface area contributed by atoms with Gasteiger partial charge in [0, 0.05) is 49.2 Å². The lowest BCUT2D eigenvalue weighted by Gasteiger charge is -2.36. The molecule has 5 N–H and O–H groups in total. The molecule has 0 saturated carbocycles. The molecule has 0 amide bonds. The molecule has 4 heterocycles. The van der Waals surface area contributed by atoms with E-state index in [2.05, 4.69) is 49.4 Å². The summed E-state index contributed by atoms with van der Waals surface area (Å²) >= 11 is 0. The molecule has 2 aliphatic rings. The minimum absolute atomic E-state index is 0.309. The maximum absolute atomic E-state index is 6.65. The molecule has 5 rings (SSSR count). The van der Waals surface area contributed by atoms with Crippen molar-refractivity contribution < 1.29 is 0 Å². The van der Waals surface area contributed by atoms with Crippen LogP contribution in [-0.2, 0) is 5.79 Å². The third-order valence-electron chi connectivity index (χ3n) is 5.83. The fourth-order valence-corrected chi connectivity index (χ4v) is 4.03. The van der Waals surface area contributed by atoms with Crippen LogP contribution in [-0.4, -0.2) is 58.4 Å². The molecule has 0 spiro atoms. The third kappa shape index (κ3) is 2.99. The number of hydrogen-bond acceptors (Lipinski definition) is 8. The van der Waals surface area contributed by atoms with Gasteiger partial charge in [0.15, 0.2) is 5.65 Å². The standard InChI is InChI=1S/C20H25N9/c1-2-27-9-11-28(12-10-27)16-6-4-15(5-7-16)20(22)23-13-14-3-8-17-25-26-19(21)29(17)18(14)24-20/h3-8,13,24H,2,9-12,22H2,1H3,(H2,21,26). The normalized spacial score (nSPS) is 21.9. The quantitative estimate of drug-likeness (QED) is 0.612. The number of nitrogens with zero attached hydrogens (tertiary/aromatic N) is 6. The molecule has 150 valence electrons. The number of piperazine rings is 1. The molecule has 1 unspecified atom stereocenters. The molecule has 1 aromatic carbocycles. The molecular formula is C20H25N9. The van der Waals surface area contributed by atoms with Gasteiger partial charge in [-0.1, -0.05) is 19.1 Å². The summed E-state index contributed by atoms with van der Waals surface area (Å²) < 4.78 is 1.75. The molecule has 9 heteroatoms. The molecule has 1 fully saturated rings. The van der Waals surface area contributed by atoms with Gasteiger partial charge in [-0.05, 0) is 30.8 Å². The van der Waals surface area contributed by atoms with Crippen LogP contribution in [0.3, 0.4) is 0 Å². The predicted octanol–water partition coefficient (Wildman–Crippen LogP) is 1.07. The molecule has 2 aromatic heterocycles. The molecule has 0 radical (unpaired) electrons. The monoisotopic (exact) mass is 391 g/mol. The van der Waals surface area contributed by atoms with Crippen LogP contribution < -0.4 is 21.7 Å². The molecule has 29 heavy (non-hydrogen) atoms. The van der Waals surface area contributed by atoms with Crippen molar-refractivity contribution in [1.82, 2.24) is 19.5 Å². The van der Waals surface area contributed by atoms with Gasteiger partial charge >= 0.3 is 0 Å². The van der Waals surface area contributed by atoms with E-state index in [0.29, 0.717) is 11.6 Å². The average Bonchev–Trinajstić information content (AvgIpc) is 3.15. The Morgan fingerprint density at radius 1 is 1.03 bits per heavy atom. The smallest absolute Gasteiger partial charge is 0.228 e. The summed E-state index contributed by atoms with van der Waals surface area (Å²) in [5.41, 5.74) is 16.3. The lowest BCUT2D eigenvalue weighted by Crippen LogP contribution is -2.46. The third-order valence-corrected chi connectivity index (χ3v) is 5.83. The van der Waals surface area contributed by atoms with E-state index in [1.165, 1.54) is 5.69 Å². The van der Waals surface area contributed by atoms with Gasteiger partial charge in [0.05, 0.1) is 0 Å². The van der Waals surface area contributed by atoms with Gasteiger partial charge in [-0.25, -0.2) is 9.39 Å². The molecular weight excluding hydrogens is 366 g/mol. The van der Waals surface area contributed by atoms with Gasteiger partial charge in [0.2, 0.25) is 11.7 Å². The van der Waals surface area contributed by atoms with Crippen LogP contribution in [0.2, 0.25) is 0 Å². The van der Waals surface area contributed by atoms with Crippen molar-refractivity contribution in [2.24, 2.45) is 10.7 Å². The minimum Gasteiger partial charge on any atom is -0.369 e. The second kappa shape index (κ2) is 6.71. The Morgan fingerprint density at radius 3 is 2.52 bits per heavy atom. The first-order chi connectivity index (χ1) is 14.1. The van der Waals surface area contributed by atoms with Gasteiger partial charge in [0.1, 0.15) is 5.82 Å². The second-order valence-electron chi connectivity index (χ2n) is 7.51. The Kier molecular flexibility index (Phi) is 4.14. The number of rotatable bonds is 3. The van der Waals surface area contributed by atoms with Crippen LogP contribution in [0.15, 0.2) is 41.4 Å². The number of likely N-dealkylation sites (N-methyl/N-ethyl adjacent to an activating group) is 1. The Hall–Kier alpha value is -3.17. The van der Waals surface area contributed by atoms with Gasteiger partial charge in [-0.15, -0.1) is 10.2 Å². The van der Waals surface area contributed by atoms with Crippen molar-refractivity contribution in [2.75, 3.05) is 48.7 Å². The first-order valence-corrected chi connectivity index (χ1v) is 9.91. The van der Waals surface area contributed by atoms with E-state index in [1.807, 2.05) is 24.3 Å². The van der Waals surface area contributed by atoms with Crippen LogP contribution in [0.1, 0.15) is 18.1 Å². The van der Waals surface area contributed by atoms with E-state index in [-0.39, 0.29) is 0 Å². The minimum atomic E-state index is -1.09. The van der Waals surface area contributed by atoms with Crippen molar-refractivity contribution >= 4 is 29.3 Å². The number of nitrogens with one attached hydrogen (secondary N) is 1. The average molecular weight is 391 g/mol. The topological polar surface area (TPSA) is 113 Å². The summed E-state index contributed by atoms with van der Waals surface area (Å²) in [6.07, 6.45) is 1.77. The molecule has 9 nitrogen and oxygen atoms in total. The summed E-state index contributed by atoms with van der Waals surface area (Å²) in [6, 6.07) is 12.1. The summed E-state index contributed by atoms with van der Waals surface area (Å²) in [5.74, 6) is -0.0388. The first kappa shape index (κ1) is 17.9. The number of fused-ring (bicyclic) bond motifs is 3. The predicted molar refractivity (Wildman–Crippen MR) is 115 cm³/mol. The highest BCUT2D eigenvalue weighted by Gasteiger charge is 2.31. The summed E-state index contributed by atoms with van der Waals surface area (Å²) in [4.78, 5) is 9.46. The van der Waals surface area contributed by atoms with Crippen molar-refractivity contribution in [3.05, 3.63) is 47.5 Å². The summed E-state index contributed by atoms with van der Waals surface area (Å²) in [5, 5.41) is 11.4. The first-order valence-electron chi connectivity index (χ1n) is 9.91. The van der Waals surface area contributed by atoms with Crippen LogP contribution in [0.5, 0.6) is 0 Å². The maximum Gasteiger partial charge on any atom is 0.228 e. The van der Waals surface area contributed by atoms with E-state index < -0.39 is 5.79 Å². The number of hydrogen-bond donors (Lipinski definition) is 3. The lowest BCUT2D eigenvalue weighted by molar-refractivity contribution is 0.271. The molecule has 2 aliphatic heterocycles. The van der Waals surface area contributed by atoms with Gasteiger partial charge in [-0.3, -0.25) is 5.73 Å². The Labute approximate surface area is 169 Å². The van der Waals surface area contributed by atoms with E-state index in [1.54, 1.807) is 10.6 Å². The lowest BCUT2D eigenvalue weighted by atomic mass is 10.1. The zero-order valence-electron chi connectivity index (χ0n) is 16.4. The van der Waals surface area contributed by atoms with Gasteiger partial charge in [-0.2, -0.15) is 0 Å². The molecule has 0 aliphatic carbocycles. The van der Waals surface area contributed by atoms with Crippen LogP contribution >= 0.6 is 0 Å². The second-order valence-corrected chi connectivity index (χ2v) is 7.51. The number of nitrogen functional groups attached to an aromatic ring is 1. The number of aliphatic imine (C=N–C) groups is 1. The van der Waals surface area contributed by atoms with Crippen LogP contribution in [0.4, 0.5) is 17.5 Å². The van der Waals surface area contributed by atoms with Crippen LogP contribution in [0, 0.1) is 0 Å². The van der Waals surface area contributed by atoms with Crippen molar-refractivity contribution in [3.8, 4) is 0 Å². The maximum atomic E-state index is 6.65. The fraction of sp³-hybridized carbons (Fsp3) is 0.350. The number of aromatic nitrogens is 3. The largest absolute Gasteiger partial charge is 0.369 e. The SMILES string of the molecule is CCN1CCN(c2ccc(C3(N)N=Cc4ccc5nnc(N)n5c4N3)cc2)CC1. The number of nitrogens with two attached hydrogens (primary N) is 2. The zero-order valence-corrected chi connectivity index (χ0v) is 16.4. The van der Waals surface area contributed by atoms with Crippen LogP contribution in [0.25, 0.3) is 5.65 Å². The number of anilines is 3.